The van der Waals surface area contributed by atoms with Crippen LogP contribution in [0.15, 0.2) is 18.2 Å². The number of rotatable bonds is 3. The van der Waals surface area contributed by atoms with Gasteiger partial charge in [-0.1, -0.05) is 0 Å². The molecule has 0 aromatic heterocycles. The summed E-state index contributed by atoms with van der Waals surface area (Å²) in [6.07, 6.45) is -4.70. The Bertz CT molecular complexity index is 490. The molecule has 1 saturated heterocycles. The van der Waals surface area contributed by atoms with Crippen molar-refractivity contribution in [3.63, 3.8) is 0 Å². The van der Waals surface area contributed by atoms with Crippen LogP contribution in [0.3, 0.4) is 0 Å². The van der Waals surface area contributed by atoms with Gasteiger partial charge in [-0.25, -0.2) is 4.39 Å². The van der Waals surface area contributed by atoms with Crippen LogP contribution in [0.5, 0.6) is 0 Å². The summed E-state index contributed by atoms with van der Waals surface area (Å²) in [6, 6.07) is 2.46. The fraction of sp³-hybridized carbons (Fsp3) is 0.571. The molecule has 118 valence electrons. The van der Waals surface area contributed by atoms with Crippen LogP contribution in [0.1, 0.15) is 18.1 Å². The molecule has 1 aliphatic rings. The molecule has 3 nitrogen and oxygen atoms in total. The monoisotopic (exact) mass is 306 g/mol. The normalized spacial score (nSPS) is 22.3. The summed E-state index contributed by atoms with van der Waals surface area (Å²) in [5, 5.41) is 0. The van der Waals surface area contributed by atoms with Gasteiger partial charge in [-0.2, -0.15) is 13.2 Å². The minimum absolute atomic E-state index is 0.158. The fourth-order valence-corrected chi connectivity index (χ4v) is 2.36. The SMILES string of the molecule is CC(N)C1CN(Cc2cc(F)cc(C(F)(F)F)c2)CCO1. The van der Waals surface area contributed by atoms with Crippen molar-refractivity contribution in [2.45, 2.75) is 31.8 Å². The van der Waals surface area contributed by atoms with E-state index < -0.39 is 17.6 Å². The van der Waals surface area contributed by atoms with Gasteiger partial charge in [0.15, 0.2) is 0 Å². The van der Waals surface area contributed by atoms with Crippen molar-refractivity contribution in [2.75, 3.05) is 19.7 Å². The van der Waals surface area contributed by atoms with Crippen molar-refractivity contribution in [1.29, 1.82) is 0 Å². The third-order valence-corrected chi connectivity index (χ3v) is 3.46. The van der Waals surface area contributed by atoms with Crippen LogP contribution in [0.2, 0.25) is 0 Å². The van der Waals surface area contributed by atoms with E-state index in [0.29, 0.717) is 31.3 Å². The van der Waals surface area contributed by atoms with Gasteiger partial charge in [-0.15, -0.1) is 0 Å². The smallest absolute Gasteiger partial charge is 0.374 e. The summed E-state index contributed by atoms with van der Waals surface area (Å²) >= 11 is 0. The predicted molar refractivity (Wildman–Crippen MR) is 70.1 cm³/mol. The van der Waals surface area contributed by atoms with Crippen molar-refractivity contribution in [1.82, 2.24) is 4.90 Å². The summed E-state index contributed by atoms with van der Waals surface area (Å²) in [5.74, 6) is -0.878. The van der Waals surface area contributed by atoms with E-state index in [4.69, 9.17) is 10.5 Å². The molecular weight excluding hydrogens is 288 g/mol. The Morgan fingerprint density at radius 2 is 2.10 bits per heavy atom. The number of benzene rings is 1. The molecule has 0 aliphatic carbocycles. The molecule has 2 rings (SSSR count). The maximum atomic E-state index is 13.4. The highest BCUT2D eigenvalue weighted by molar-refractivity contribution is 5.26. The first-order valence-corrected chi connectivity index (χ1v) is 6.72. The van der Waals surface area contributed by atoms with Crippen molar-refractivity contribution in [3.05, 3.63) is 35.1 Å². The quantitative estimate of drug-likeness (QED) is 0.872. The van der Waals surface area contributed by atoms with E-state index >= 15 is 0 Å². The summed E-state index contributed by atoms with van der Waals surface area (Å²) < 4.78 is 56.9. The number of nitrogens with zero attached hydrogens (tertiary/aromatic N) is 1. The Hall–Kier alpha value is -1.18. The maximum Gasteiger partial charge on any atom is 0.416 e. The highest BCUT2D eigenvalue weighted by Gasteiger charge is 2.31. The first kappa shape index (κ1) is 16.2. The molecular formula is C14H18F4N2O. The minimum Gasteiger partial charge on any atom is -0.374 e. The Labute approximate surface area is 120 Å². The van der Waals surface area contributed by atoms with Gasteiger partial charge >= 0.3 is 6.18 Å². The van der Waals surface area contributed by atoms with Crippen LogP contribution < -0.4 is 5.73 Å². The van der Waals surface area contributed by atoms with Crippen LogP contribution in [0.25, 0.3) is 0 Å². The predicted octanol–water partition coefficient (Wildman–Crippen LogP) is 2.39. The molecule has 0 spiro atoms. The third kappa shape index (κ3) is 4.39. The van der Waals surface area contributed by atoms with E-state index in [9.17, 15) is 17.6 Å². The zero-order chi connectivity index (χ0) is 15.6. The van der Waals surface area contributed by atoms with Gasteiger partial charge in [-0.05, 0) is 30.7 Å². The molecule has 1 aromatic carbocycles. The lowest BCUT2D eigenvalue weighted by Crippen LogP contribution is -2.49. The first-order chi connectivity index (χ1) is 9.75. The van der Waals surface area contributed by atoms with Gasteiger partial charge in [0, 0.05) is 25.7 Å². The zero-order valence-corrected chi connectivity index (χ0v) is 11.7. The van der Waals surface area contributed by atoms with Gasteiger partial charge in [0.05, 0.1) is 18.3 Å². The molecule has 0 saturated carbocycles. The topological polar surface area (TPSA) is 38.5 Å². The number of morpholine rings is 1. The summed E-state index contributed by atoms with van der Waals surface area (Å²) in [5.41, 5.74) is 5.10. The molecule has 0 radical (unpaired) electrons. The molecule has 0 amide bonds. The summed E-state index contributed by atoms with van der Waals surface area (Å²) in [6.45, 7) is 3.63. The maximum absolute atomic E-state index is 13.4. The summed E-state index contributed by atoms with van der Waals surface area (Å²) in [7, 11) is 0. The van der Waals surface area contributed by atoms with Crippen LogP contribution >= 0.6 is 0 Å². The summed E-state index contributed by atoms with van der Waals surface area (Å²) in [4.78, 5) is 1.92. The minimum atomic E-state index is -4.55. The van der Waals surface area contributed by atoms with E-state index in [1.165, 1.54) is 0 Å². The van der Waals surface area contributed by atoms with Crippen molar-refractivity contribution in [3.8, 4) is 0 Å². The lowest BCUT2D eigenvalue weighted by Gasteiger charge is -2.34. The molecule has 0 bridgehead atoms. The van der Waals surface area contributed by atoms with Crippen LogP contribution in [0.4, 0.5) is 17.6 Å². The fourth-order valence-electron chi connectivity index (χ4n) is 2.36. The van der Waals surface area contributed by atoms with Crippen LogP contribution in [-0.2, 0) is 17.5 Å². The van der Waals surface area contributed by atoms with Crippen LogP contribution in [-0.4, -0.2) is 36.7 Å². The number of nitrogens with two attached hydrogens (primary N) is 1. The van der Waals surface area contributed by atoms with Crippen molar-refractivity contribution >= 4 is 0 Å². The second kappa shape index (κ2) is 6.29. The van der Waals surface area contributed by atoms with Crippen molar-refractivity contribution < 1.29 is 22.3 Å². The number of ether oxygens (including phenoxy) is 1. The number of halogens is 4. The standard InChI is InChI=1S/C14H18F4N2O/c1-9(19)13-8-20(2-3-21-13)7-10-4-11(14(16,17)18)6-12(15)5-10/h4-6,9,13H,2-3,7-8,19H2,1H3. The molecule has 1 aromatic rings. The van der Waals surface area contributed by atoms with Crippen molar-refractivity contribution in [2.24, 2.45) is 5.73 Å². The number of hydrogen-bond acceptors (Lipinski definition) is 3. The van der Waals surface area contributed by atoms with E-state index in [1.54, 1.807) is 0 Å². The molecule has 2 unspecified atom stereocenters. The van der Waals surface area contributed by atoms with E-state index in [0.717, 1.165) is 12.1 Å². The number of hydrogen-bond donors (Lipinski definition) is 1. The van der Waals surface area contributed by atoms with Gasteiger partial charge in [0.25, 0.3) is 0 Å². The molecule has 2 atom stereocenters. The first-order valence-electron chi connectivity index (χ1n) is 6.72. The molecule has 21 heavy (non-hydrogen) atoms. The average molecular weight is 306 g/mol. The second-order valence-corrected chi connectivity index (χ2v) is 5.35. The Balaban J connectivity index is 2.10. The molecule has 1 aliphatic heterocycles. The number of alkyl halides is 3. The lowest BCUT2D eigenvalue weighted by molar-refractivity contribution is -0.137. The average Bonchev–Trinajstić information content (AvgIpc) is 2.37. The van der Waals surface area contributed by atoms with E-state index in [2.05, 4.69) is 0 Å². The van der Waals surface area contributed by atoms with Gasteiger partial charge in [0.2, 0.25) is 0 Å². The highest BCUT2D eigenvalue weighted by Crippen LogP contribution is 2.30. The Morgan fingerprint density at radius 1 is 1.38 bits per heavy atom. The van der Waals surface area contributed by atoms with E-state index in [1.807, 2.05) is 11.8 Å². The lowest BCUT2D eigenvalue weighted by atomic mass is 10.1. The van der Waals surface area contributed by atoms with Gasteiger partial charge in [0.1, 0.15) is 5.82 Å². The van der Waals surface area contributed by atoms with E-state index in [-0.39, 0.29) is 18.7 Å². The van der Waals surface area contributed by atoms with Gasteiger partial charge in [-0.3, -0.25) is 4.90 Å². The highest BCUT2D eigenvalue weighted by atomic mass is 19.4. The van der Waals surface area contributed by atoms with Gasteiger partial charge < -0.3 is 10.5 Å². The third-order valence-electron chi connectivity index (χ3n) is 3.46. The largest absolute Gasteiger partial charge is 0.416 e. The Kier molecular flexibility index (Phi) is 4.85. The Morgan fingerprint density at radius 3 is 2.71 bits per heavy atom. The van der Waals surface area contributed by atoms with Crippen LogP contribution in [0, 0.1) is 5.82 Å². The molecule has 1 heterocycles. The molecule has 7 heteroatoms. The molecule has 1 fully saturated rings. The second-order valence-electron chi connectivity index (χ2n) is 5.35. The zero-order valence-electron chi connectivity index (χ0n) is 11.7. The molecule has 2 N–H and O–H groups in total.